The third kappa shape index (κ3) is 4.32. The zero-order chi connectivity index (χ0) is 14.4. The van der Waals surface area contributed by atoms with Gasteiger partial charge in [0.2, 0.25) is 0 Å². The maximum atomic E-state index is 4.27. The van der Waals surface area contributed by atoms with Crippen molar-refractivity contribution in [1.82, 2.24) is 20.0 Å². The third-order valence-electron chi connectivity index (χ3n) is 4.59. The fourth-order valence-electron chi connectivity index (χ4n) is 3.24. The van der Waals surface area contributed by atoms with Crippen molar-refractivity contribution in [3.8, 4) is 0 Å². The van der Waals surface area contributed by atoms with Gasteiger partial charge < -0.3 is 10.2 Å². The van der Waals surface area contributed by atoms with Crippen LogP contribution in [0.2, 0.25) is 0 Å². The molecule has 0 saturated heterocycles. The van der Waals surface area contributed by atoms with Crippen LogP contribution < -0.4 is 5.32 Å². The van der Waals surface area contributed by atoms with Gasteiger partial charge in [0.15, 0.2) is 0 Å². The van der Waals surface area contributed by atoms with Crippen molar-refractivity contribution < 1.29 is 0 Å². The van der Waals surface area contributed by atoms with Gasteiger partial charge >= 0.3 is 0 Å². The Bertz CT molecular complexity index is 382. The van der Waals surface area contributed by atoms with Crippen molar-refractivity contribution in [2.24, 2.45) is 7.05 Å². The summed E-state index contributed by atoms with van der Waals surface area (Å²) >= 11 is 0. The Hall–Kier alpha value is -0.870. The summed E-state index contributed by atoms with van der Waals surface area (Å²) in [6, 6.07) is 1.24. The van der Waals surface area contributed by atoms with Gasteiger partial charge in [0.05, 0.1) is 6.20 Å². The van der Waals surface area contributed by atoms with Crippen LogP contribution in [0.5, 0.6) is 0 Å². The molecule has 1 aromatic heterocycles. The van der Waals surface area contributed by atoms with Gasteiger partial charge in [0.25, 0.3) is 0 Å². The summed E-state index contributed by atoms with van der Waals surface area (Å²) in [5.74, 6) is 0. The molecule has 0 bridgehead atoms. The lowest BCUT2D eigenvalue weighted by Gasteiger charge is -2.31. The van der Waals surface area contributed by atoms with Crippen LogP contribution in [-0.4, -0.2) is 40.9 Å². The van der Waals surface area contributed by atoms with Gasteiger partial charge in [-0.3, -0.25) is 4.68 Å². The van der Waals surface area contributed by atoms with Crippen LogP contribution in [0.1, 0.15) is 57.1 Å². The standard InChI is InChI=1S/C16H30N4/c1-4-16(14-12-18-20(3)13-14)17-10-11-19(2)15-8-6-5-7-9-15/h12-13,15-17H,4-11H2,1-3H3/t16-/m1/s1. The first-order valence-electron chi connectivity index (χ1n) is 8.13. The molecule has 4 nitrogen and oxygen atoms in total. The van der Waals surface area contributed by atoms with Crippen molar-refractivity contribution in [2.75, 3.05) is 20.1 Å². The Labute approximate surface area is 123 Å². The lowest BCUT2D eigenvalue weighted by atomic mass is 9.94. The zero-order valence-electron chi connectivity index (χ0n) is 13.3. The second-order valence-corrected chi connectivity index (χ2v) is 6.13. The van der Waals surface area contributed by atoms with Gasteiger partial charge in [0.1, 0.15) is 0 Å². The fraction of sp³-hybridized carbons (Fsp3) is 0.812. The highest BCUT2D eigenvalue weighted by Gasteiger charge is 2.18. The number of aryl methyl sites for hydroxylation is 1. The molecule has 0 radical (unpaired) electrons. The normalized spacial score (nSPS) is 18.6. The van der Waals surface area contributed by atoms with Gasteiger partial charge in [-0.2, -0.15) is 5.10 Å². The molecular formula is C16H30N4. The maximum Gasteiger partial charge on any atom is 0.0537 e. The molecule has 1 saturated carbocycles. The molecule has 0 aliphatic heterocycles. The van der Waals surface area contributed by atoms with E-state index in [1.807, 2.05) is 17.9 Å². The molecule has 1 aliphatic carbocycles. The van der Waals surface area contributed by atoms with Crippen LogP contribution in [0.25, 0.3) is 0 Å². The summed E-state index contributed by atoms with van der Waals surface area (Å²) in [7, 11) is 4.26. The van der Waals surface area contributed by atoms with Crippen molar-refractivity contribution in [3.63, 3.8) is 0 Å². The number of nitrogens with one attached hydrogen (secondary N) is 1. The van der Waals surface area contributed by atoms with E-state index in [2.05, 4.69) is 35.5 Å². The third-order valence-corrected chi connectivity index (χ3v) is 4.59. The van der Waals surface area contributed by atoms with Crippen LogP contribution in [0, 0.1) is 0 Å². The Morgan fingerprint density at radius 1 is 1.40 bits per heavy atom. The molecule has 114 valence electrons. The number of aromatic nitrogens is 2. The monoisotopic (exact) mass is 278 g/mol. The van der Waals surface area contributed by atoms with E-state index < -0.39 is 0 Å². The molecule has 20 heavy (non-hydrogen) atoms. The van der Waals surface area contributed by atoms with E-state index in [0.29, 0.717) is 6.04 Å². The van der Waals surface area contributed by atoms with Crippen molar-refractivity contribution in [1.29, 1.82) is 0 Å². The average Bonchev–Trinajstić information content (AvgIpc) is 2.90. The predicted molar refractivity (Wildman–Crippen MR) is 83.7 cm³/mol. The number of nitrogens with zero attached hydrogens (tertiary/aromatic N) is 3. The molecule has 0 unspecified atom stereocenters. The fourth-order valence-corrected chi connectivity index (χ4v) is 3.24. The summed E-state index contributed by atoms with van der Waals surface area (Å²) in [6.07, 6.45) is 12.2. The van der Waals surface area contributed by atoms with E-state index >= 15 is 0 Å². The Kier molecular flexibility index (Phi) is 6.05. The first-order chi connectivity index (χ1) is 9.70. The molecule has 0 aromatic carbocycles. The summed E-state index contributed by atoms with van der Waals surface area (Å²) in [6.45, 7) is 4.43. The highest BCUT2D eigenvalue weighted by molar-refractivity contribution is 5.09. The van der Waals surface area contributed by atoms with Crippen LogP contribution in [0.3, 0.4) is 0 Å². The number of likely N-dealkylation sites (N-methyl/N-ethyl adjacent to an activating group) is 1. The van der Waals surface area contributed by atoms with Crippen LogP contribution in [0.15, 0.2) is 12.4 Å². The van der Waals surface area contributed by atoms with Crippen LogP contribution >= 0.6 is 0 Å². The van der Waals surface area contributed by atoms with Gasteiger partial charge in [-0.1, -0.05) is 26.2 Å². The molecule has 1 aliphatic rings. The van der Waals surface area contributed by atoms with Gasteiger partial charge in [-0.15, -0.1) is 0 Å². The summed E-state index contributed by atoms with van der Waals surface area (Å²) < 4.78 is 1.88. The highest BCUT2D eigenvalue weighted by atomic mass is 15.2. The summed E-state index contributed by atoms with van der Waals surface area (Å²) in [5.41, 5.74) is 1.30. The quantitative estimate of drug-likeness (QED) is 0.832. The van der Waals surface area contributed by atoms with Gasteiger partial charge in [-0.05, 0) is 26.3 Å². The van der Waals surface area contributed by atoms with E-state index in [1.54, 1.807) is 0 Å². The minimum absolute atomic E-state index is 0.434. The largest absolute Gasteiger partial charge is 0.309 e. The van der Waals surface area contributed by atoms with E-state index in [0.717, 1.165) is 25.6 Å². The first kappa shape index (κ1) is 15.5. The first-order valence-corrected chi connectivity index (χ1v) is 8.13. The number of rotatable bonds is 7. The minimum atomic E-state index is 0.434. The number of hydrogen-bond donors (Lipinski definition) is 1. The van der Waals surface area contributed by atoms with Crippen LogP contribution in [-0.2, 0) is 7.05 Å². The SMILES string of the molecule is CC[C@@H](NCCN(C)C1CCCCC1)c1cnn(C)c1. The van der Waals surface area contributed by atoms with Gasteiger partial charge in [-0.25, -0.2) is 0 Å². The van der Waals surface area contributed by atoms with E-state index in [1.165, 1.54) is 37.7 Å². The lowest BCUT2D eigenvalue weighted by Crippen LogP contribution is -2.38. The maximum absolute atomic E-state index is 4.27. The Morgan fingerprint density at radius 3 is 2.75 bits per heavy atom. The molecule has 1 atom stereocenters. The Balaban J connectivity index is 1.73. The molecule has 1 N–H and O–H groups in total. The molecule has 2 rings (SSSR count). The molecular weight excluding hydrogens is 248 g/mol. The summed E-state index contributed by atoms with van der Waals surface area (Å²) in [5, 5.41) is 7.94. The second-order valence-electron chi connectivity index (χ2n) is 6.13. The van der Waals surface area contributed by atoms with Crippen molar-refractivity contribution in [3.05, 3.63) is 18.0 Å². The molecule has 1 heterocycles. The highest BCUT2D eigenvalue weighted by Crippen LogP contribution is 2.21. The topological polar surface area (TPSA) is 33.1 Å². The van der Waals surface area contributed by atoms with Crippen molar-refractivity contribution in [2.45, 2.75) is 57.5 Å². The molecule has 1 aromatic rings. The van der Waals surface area contributed by atoms with Crippen LogP contribution in [0.4, 0.5) is 0 Å². The zero-order valence-corrected chi connectivity index (χ0v) is 13.3. The van der Waals surface area contributed by atoms with E-state index in [-0.39, 0.29) is 0 Å². The molecule has 0 amide bonds. The van der Waals surface area contributed by atoms with E-state index in [4.69, 9.17) is 0 Å². The van der Waals surface area contributed by atoms with E-state index in [9.17, 15) is 0 Å². The smallest absolute Gasteiger partial charge is 0.0537 e. The average molecular weight is 278 g/mol. The minimum Gasteiger partial charge on any atom is -0.309 e. The van der Waals surface area contributed by atoms with Crippen molar-refractivity contribution >= 4 is 0 Å². The molecule has 0 spiro atoms. The molecule has 1 fully saturated rings. The Morgan fingerprint density at radius 2 is 2.15 bits per heavy atom. The number of hydrogen-bond acceptors (Lipinski definition) is 3. The second kappa shape index (κ2) is 7.79. The lowest BCUT2D eigenvalue weighted by molar-refractivity contribution is 0.190. The summed E-state index contributed by atoms with van der Waals surface area (Å²) in [4.78, 5) is 2.54. The van der Waals surface area contributed by atoms with Gasteiger partial charge in [0, 0.05) is 44.0 Å². The predicted octanol–water partition coefficient (Wildman–Crippen LogP) is 2.73. The molecule has 4 heteroatoms.